The zero-order valence-electron chi connectivity index (χ0n) is 16.2. The number of amides is 1. The third kappa shape index (κ3) is 4.75. The van der Waals surface area contributed by atoms with Crippen LogP contribution in [-0.4, -0.2) is 22.6 Å². The monoisotopic (exact) mass is 410 g/mol. The molecule has 0 radical (unpaired) electrons. The zero-order valence-corrected chi connectivity index (χ0v) is 17.0. The third-order valence-electron chi connectivity index (χ3n) is 4.74. The molecule has 0 bridgehead atoms. The molecule has 1 amide bonds. The van der Waals surface area contributed by atoms with Crippen LogP contribution in [0.1, 0.15) is 40.4 Å². The number of aliphatic hydroxyl groups excluding tert-OH is 1. The molecule has 6 heteroatoms. The second-order valence-corrected chi connectivity index (χ2v) is 7.45. The second-order valence-electron chi connectivity index (χ2n) is 7.01. The standard InChI is InChI=1S/C23H23ClN2O3/c1-14(2)18-10-16(4-3-9-27)11-19-21(18)25-13-20(22(19)28)23(29)26-12-15-5-7-17(24)8-6-15/h5-8,10-11,13,27H,1,3-4,9,12H2,2H3,(H,25,28)(H,26,29). The van der Waals surface area contributed by atoms with E-state index in [1.54, 1.807) is 18.2 Å². The Bertz CT molecular complexity index is 1120. The Morgan fingerprint density at radius 1 is 1.17 bits per heavy atom. The van der Waals surface area contributed by atoms with E-state index in [4.69, 9.17) is 16.7 Å². The molecule has 0 saturated heterocycles. The number of halogens is 1. The van der Waals surface area contributed by atoms with Crippen LogP contribution in [0, 0.1) is 0 Å². The minimum absolute atomic E-state index is 0.0541. The summed E-state index contributed by atoms with van der Waals surface area (Å²) < 4.78 is 0. The number of benzene rings is 2. The summed E-state index contributed by atoms with van der Waals surface area (Å²) in [4.78, 5) is 28.8. The van der Waals surface area contributed by atoms with Gasteiger partial charge in [0, 0.05) is 35.3 Å². The Labute approximate surface area is 174 Å². The number of aliphatic hydroxyl groups is 1. The fourth-order valence-corrected chi connectivity index (χ4v) is 3.33. The van der Waals surface area contributed by atoms with Crippen LogP contribution >= 0.6 is 11.6 Å². The summed E-state index contributed by atoms with van der Waals surface area (Å²) in [5, 5.41) is 13.0. The highest BCUT2D eigenvalue weighted by Gasteiger charge is 2.16. The van der Waals surface area contributed by atoms with Crippen LogP contribution in [0.4, 0.5) is 0 Å². The van der Waals surface area contributed by atoms with Gasteiger partial charge in [0.2, 0.25) is 5.43 Å². The highest BCUT2D eigenvalue weighted by Crippen LogP contribution is 2.24. The van der Waals surface area contributed by atoms with E-state index in [-0.39, 0.29) is 17.6 Å². The maximum Gasteiger partial charge on any atom is 0.257 e. The lowest BCUT2D eigenvalue weighted by atomic mass is 9.97. The number of rotatable bonds is 7. The molecule has 0 aliphatic rings. The van der Waals surface area contributed by atoms with Gasteiger partial charge in [-0.3, -0.25) is 9.59 Å². The minimum Gasteiger partial charge on any atom is -0.396 e. The van der Waals surface area contributed by atoms with Crippen molar-refractivity contribution in [2.45, 2.75) is 26.3 Å². The van der Waals surface area contributed by atoms with Gasteiger partial charge in [-0.05, 0) is 60.7 Å². The number of pyridine rings is 1. The fraction of sp³-hybridized carbons (Fsp3) is 0.217. The van der Waals surface area contributed by atoms with Crippen molar-refractivity contribution in [1.82, 2.24) is 10.3 Å². The van der Waals surface area contributed by atoms with Crippen molar-refractivity contribution in [3.63, 3.8) is 0 Å². The van der Waals surface area contributed by atoms with E-state index < -0.39 is 5.91 Å². The van der Waals surface area contributed by atoms with Gasteiger partial charge < -0.3 is 15.4 Å². The molecule has 0 aliphatic heterocycles. The molecule has 3 N–H and O–H groups in total. The molecule has 0 aliphatic carbocycles. The van der Waals surface area contributed by atoms with E-state index in [0.29, 0.717) is 35.3 Å². The maximum atomic E-state index is 13.0. The van der Waals surface area contributed by atoms with E-state index >= 15 is 0 Å². The first-order valence-corrected chi connectivity index (χ1v) is 9.76. The number of aryl methyl sites for hydroxylation is 1. The van der Waals surface area contributed by atoms with Gasteiger partial charge in [-0.2, -0.15) is 0 Å². The molecule has 1 aromatic heterocycles. The van der Waals surface area contributed by atoms with Gasteiger partial charge >= 0.3 is 0 Å². The number of carbonyl (C=O) groups is 1. The summed E-state index contributed by atoms with van der Waals surface area (Å²) in [6.07, 6.45) is 2.68. The molecule has 150 valence electrons. The van der Waals surface area contributed by atoms with Crippen LogP contribution < -0.4 is 10.7 Å². The number of fused-ring (bicyclic) bond motifs is 1. The lowest BCUT2D eigenvalue weighted by Crippen LogP contribution is -2.28. The molecule has 0 saturated carbocycles. The van der Waals surface area contributed by atoms with Crippen LogP contribution in [0.15, 0.2) is 54.0 Å². The second kappa shape index (κ2) is 9.07. The van der Waals surface area contributed by atoms with Gasteiger partial charge in [0.1, 0.15) is 5.56 Å². The van der Waals surface area contributed by atoms with E-state index in [2.05, 4.69) is 16.9 Å². The van der Waals surface area contributed by atoms with Gasteiger partial charge in [0.15, 0.2) is 0 Å². The van der Waals surface area contributed by atoms with Crippen LogP contribution in [0.5, 0.6) is 0 Å². The topological polar surface area (TPSA) is 82.2 Å². The zero-order chi connectivity index (χ0) is 21.0. The third-order valence-corrected chi connectivity index (χ3v) is 4.99. The SMILES string of the molecule is C=C(C)c1cc(CCCO)cc2c(=O)c(C(=O)NCc3ccc(Cl)cc3)c[nH]c12. The van der Waals surface area contributed by atoms with Gasteiger partial charge in [-0.15, -0.1) is 0 Å². The Hall–Kier alpha value is -2.89. The van der Waals surface area contributed by atoms with Crippen LogP contribution in [0.25, 0.3) is 16.5 Å². The summed E-state index contributed by atoms with van der Waals surface area (Å²) in [5.74, 6) is -0.444. The van der Waals surface area contributed by atoms with Crippen molar-refractivity contribution in [1.29, 1.82) is 0 Å². The van der Waals surface area contributed by atoms with E-state index in [1.807, 2.05) is 25.1 Å². The summed E-state index contributed by atoms with van der Waals surface area (Å²) in [6, 6.07) is 10.9. The normalized spacial score (nSPS) is 10.9. The number of H-pyrrole nitrogens is 1. The number of aromatic amines is 1. The Morgan fingerprint density at radius 2 is 1.90 bits per heavy atom. The molecular weight excluding hydrogens is 388 g/mol. The smallest absolute Gasteiger partial charge is 0.257 e. The van der Waals surface area contributed by atoms with Gasteiger partial charge in [-0.25, -0.2) is 0 Å². The van der Waals surface area contributed by atoms with Gasteiger partial charge in [0.25, 0.3) is 5.91 Å². The molecule has 0 atom stereocenters. The van der Waals surface area contributed by atoms with Crippen molar-refractivity contribution in [2.24, 2.45) is 0 Å². The first-order chi connectivity index (χ1) is 13.9. The molecule has 2 aromatic carbocycles. The van der Waals surface area contributed by atoms with Crippen molar-refractivity contribution in [2.75, 3.05) is 6.61 Å². The predicted octanol–water partition coefficient (Wildman–Crippen LogP) is 4.07. The van der Waals surface area contributed by atoms with Crippen molar-refractivity contribution in [3.8, 4) is 0 Å². The number of nitrogens with one attached hydrogen (secondary N) is 2. The molecule has 5 nitrogen and oxygen atoms in total. The van der Waals surface area contributed by atoms with E-state index in [9.17, 15) is 9.59 Å². The number of aromatic nitrogens is 1. The highest BCUT2D eigenvalue weighted by molar-refractivity contribution is 6.30. The molecule has 0 unspecified atom stereocenters. The molecular formula is C23H23ClN2O3. The minimum atomic E-state index is -0.444. The Balaban J connectivity index is 1.95. The summed E-state index contributed by atoms with van der Waals surface area (Å²) in [5.41, 5.74) is 3.84. The number of allylic oxidation sites excluding steroid dienone is 1. The largest absolute Gasteiger partial charge is 0.396 e. The molecule has 29 heavy (non-hydrogen) atoms. The predicted molar refractivity (Wildman–Crippen MR) is 117 cm³/mol. The number of hydrogen-bond donors (Lipinski definition) is 3. The highest BCUT2D eigenvalue weighted by atomic mass is 35.5. The number of hydrogen-bond acceptors (Lipinski definition) is 3. The van der Waals surface area contributed by atoms with E-state index in [1.165, 1.54) is 6.20 Å². The first kappa shape index (κ1) is 20.8. The van der Waals surface area contributed by atoms with Crippen molar-refractivity contribution >= 4 is 34.0 Å². The fourth-order valence-electron chi connectivity index (χ4n) is 3.20. The quantitative estimate of drug-likeness (QED) is 0.549. The molecule has 1 heterocycles. The molecule has 3 aromatic rings. The maximum absolute atomic E-state index is 13.0. The summed E-state index contributed by atoms with van der Waals surface area (Å²) >= 11 is 5.87. The molecule has 3 rings (SSSR count). The summed E-state index contributed by atoms with van der Waals surface area (Å²) in [6.45, 7) is 6.23. The average Bonchev–Trinajstić information content (AvgIpc) is 2.71. The van der Waals surface area contributed by atoms with Crippen LogP contribution in [-0.2, 0) is 13.0 Å². The first-order valence-electron chi connectivity index (χ1n) is 9.38. The van der Waals surface area contributed by atoms with Crippen molar-refractivity contribution < 1.29 is 9.90 Å². The molecule has 0 fully saturated rings. The van der Waals surface area contributed by atoms with Crippen LogP contribution in [0.3, 0.4) is 0 Å². The van der Waals surface area contributed by atoms with Gasteiger partial charge in [-0.1, -0.05) is 30.3 Å². The summed E-state index contributed by atoms with van der Waals surface area (Å²) in [7, 11) is 0. The average molecular weight is 411 g/mol. The lowest BCUT2D eigenvalue weighted by molar-refractivity contribution is 0.0949. The number of carbonyl (C=O) groups excluding carboxylic acids is 1. The van der Waals surface area contributed by atoms with Gasteiger partial charge in [0.05, 0.1) is 5.52 Å². The van der Waals surface area contributed by atoms with E-state index in [0.717, 1.165) is 22.3 Å². The Morgan fingerprint density at radius 3 is 2.55 bits per heavy atom. The molecule has 0 spiro atoms. The van der Waals surface area contributed by atoms with Crippen LogP contribution in [0.2, 0.25) is 5.02 Å². The van der Waals surface area contributed by atoms with Crippen molar-refractivity contribution in [3.05, 3.63) is 86.7 Å². The Kier molecular flexibility index (Phi) is 6.52. The lowest BCUT2D eigenvalue weighted by Gasteiger charge is -2.11.